The highest BCUT2D eigenvalue weighted by molar-refractivity contribution is 5.99. The quantitative estimate of drug-likeness (QED) is 0.706. The van der Waals surface area contributed by atoms with Crippen molar-refractivity contribution in [1.82, 2.24) is 9.47 Å². The number of rotatable bonds is 6. The fourth-order valence-electron chi connectivity index (χ4n) is 3.16. The second-order valence-corrected chi connectivity index (χ2v) is 6.81. The molecular weight excluding hydrogens is 350 g/mol. The zero-order chi connectivity index (χ0) is 20.1. The molecule has 1 heterocycles. The first-order valence-corrected chi connectivity index (χ1v) is 9.36. The number of aromatic nitrogens is 1. The molecule has 0 aliphatic rings. The van der Waals surface area contributed by atoms with Gasteiger partial charge >= 0.3 is 0 Å². The molecule has 2 aromatic carbocycles. The Bertz CT molecular complexity index is 977. The molecule has 2 amide bonds. The van der Waals surface area contributed by atoms with Gasteiger partial charge in [0.2, 0.25) is 5.91 Å². The SMILES string of the molecule is CCc1ccccc1NC(=O)CN(C)C(=O)c1ccc(C)c(-n2cccc2)c1. The van der Waals surface area contributed by atoms with Crippen LogP contribution >= 0.6 is 0 Å². The monoisotopic (exact) mass is 375 g/mol. The van der Waals surface area contributed by atoms with Gasteiger partial charge in [-0.05, 0) is 54.8 Å². The summed E-state index contributed by atoms with van der Waals surface area (Å²) in [7, 11) is 1.64. The van der Waals surface area contributed by atoms with Gasteiger partial charge in [-0.2, -0.15) is 0 Å². The maximum atomic E-state index is 12.8. The number of amides is 2. The van der Waals surface area contributed by atoms with Gasteiger partial charge in [0.1, 0.15) is 0 Å². The zero-order valence-corrected chi connectivity index (χ0v) is 16.5. The maximum Gasteiger partial charge on any atom is 0.254 e. The van der Waals surface area contributed by atoms with Gasteiger partial charge in [0.05, 0.1) is 6.54 Å². The van der Waals surface area contributed by atoms with E-state index in [0.717, 1.165) is 28.9 Å². The number of hydrogen-bond acceptors (Lipinski definition) is 2. The van der Waals surface area contributed by atoms with E-state index in [-0.39, 0.29) is 18.4 Å². The third-order valence-electron chi connectivity index (χ3n) is 4.74. The van der Waals surface area contributed by atoms with Gasteiger partial charge in [-0.3, -0.25) is 9.59 Å². The smallest absolute Gasteiger partial charge is 0.254 e. The van der Waals surface area contributed by atoms with Crippen molar-refractivity contribution in [3.63, 3.8) is 0 Å². The third kappa shape index (κ3) is 4.31. The van der Waals surface area contributed by atoms with Gasteiger partial charge in [-0.25, -0.2) is 0 Å². The number of benzene rings is 2. The van der Waals surface area contributed by atoms with E-state index in [1.54, 1.807) is 13.1 Å². The second kappa shape index (κ2) is 8.57. The Morgan fingerprint density at radius 2 is 1.75 bits per heavy atom. The van der Waals surface area contributed by atoms with Crippen LogP contribution in [0.1, 0.15) is 28.4 Å². The fraction of sp³-hybridized carbons (Fsp3) is 0.217. The summed E-state index contributed by atoms with van der Waals surface area (Å²) in [6.45, 7) is 4.04. The molecule has 5 nitrogen and oxygen atoms in total. The van der Waals surface area contributed by atoms with Crippen LogP contribution in [-0.2, 0) is 11.2 Å². The molecule has 0 bridgehead atoms. The predicted molar refractivity (Wildman–Crippen MR) is 112 cm³/mol. The van der Waals surface area contributed by atoms with Crippen LogP contribution in [0.15, 0.2) is 67.0 Å². The van der Waals surface area contributed by atoms with Gasteiger partial charge in [0.25, 0.3) is 5.91 Å². The van der Waals surface area contributed by atoms with Crippen LogP contribution in [0.5, 0.6) is 0 Å². The summed E-state index contributed by atoms with van der Waals surface area (Å²) in [4.78, 5) is 26.7. The normalized spacial score (nSPS) is 10.5. The van der Waals surface area contributed by atoms with E-state index >= 15 is 0 Å². The Kier molecular flexibility index (Phi) is 5.94. The van der Waals surface area contributed by atoms with Crippen LogP contribution in [0.25, 0.3) is 5.69 Å². The van der Waals surface area contributed by atoms with Crippen LogP contribution < -0.4 is 5.32 Å². The van der Waals surface area contributed by atoms with Crippen molar-refractivity contribution in [2.24, 2.45) is 0 Å². The van der Waals surface area contributed by atoms with Gasteiger partial charge in [-0.1, -0.05) is 31.2 Å². The minimum absolute atomic E-state index is 0.0103. The zero-order valence-electron chi connectivity index (χ0n) is 16.5. The van der Waals surface area contributed by atoms with E-state index in [1.165, 1.54) is 4.90 Å². The Balaban J connectivity index is 1.71. The van der Waals surface area contributed by atoms with Gasteiger partial charge in [-0.15, -0.1) is 0 Å². The molecule has 3 aromatic rings. The van der Waals surface area contributed by atoms with Crippen LogP contribution in [0, 0.1) is 6.92 Å². The van der Waals surface area contributed by atoms with Crippen molar-refractivity contribution < 1.29 is 9.59 Å². The molecule has 0 fully saturated rings. The van der Waals surface area contributed by atoms with E-state index in [2.05, 4.69) is 5.32 Å². The lowest BCUT2D eigenvalue weighted by molar-refractivity contribution is -0.116. The van der Waals surface area contributed by atoms with Crippen molar-refractivity contribution >= 4 is 17.5 Å². The van der Waals surface area contributed by atoms with E-state index in [1.807, 2.05) is 79.3 Å². The molecule has 28 heavy (non-hydrogen) atoms. The highest BCUT2D eigenvalue weighted by Crippen LogP contribution is 2.18. The van der Waals surface area contributed by atoms with Gasteiger partial charge in [0, 0.05) is 36.4 Å². The molecule has 3 rings (SSSR count). The molecule has 0 aliphatic heterocycles. The predicted octanol–water partition coefficient (Wildman–Crippen LogP) is 4.06. The molecule has 1 N–H and O–H groups in total. The molecule has 0 saturated carbocycles. The van der Waals surface area contributed by atoms with Crippen molar-refractivity contribution in [3.05, 3.63) is 83.7 Å². The first-order chi connectivity index (χ1) is 13.5. The van der Waals surface area contributed by atoms with Crippen LogP contribution in [0.2, 0.25) is 0 Å². The van der Waals surface area contributed by atoms with E-state index in [9.17, 15) is 9.59 Å². The molecular formula is C23H25N3O2. The lowest BCUT2D eigenvalue weighted by Crippen LogP contribution is -2.35. The Labute approximate surface area is 165 Å². The maximum absolute atomic E-state index is 12.8. The van der Waals surface area contributed by atoms with Gasteiger partial charge < -0.3 is 14.8 Å². The van der Waals surface area contributed by atoms with E-state index in [0.29, 0.717) is 5.56 Å². The van der Waals surface area contributed by atoms with E-state index < -0.39 is 0 Å². The number of aryl methyl sites for hydroxylation is 2. The summed E-state index contributed by atoms with van der Waals surface area (Å²) >= 11 is 0. The van der Waals surface area contributed by atoms with Crippen LogP contribution in [0.3, 0.4) is 0 Å². The summed E-state index contributed by atoms with van der Waals surface area (Å²) in [5.74, 6) is -0.401. The van der Waals surface area contributed by atoms with Crippen molar-refractivity contribution in [1.29, 1.82) is 0 Å². The molecule has 0 aliphatic carbocycles. The number of hydrogen-bond donors (Lipinski definition) is 1. The summed E-state index contributed by atoms with van der Waals surface area (Å²) < 4.78 is 1.97. The average Bonchev–Trinajstić information content (AvgIpc) is 3.22. The molecule has 144 valence electrons. The largest absolute Gasteiger partial charge is 0.332 e. The Morgan fingerprint density at radius 1 is 1.04 bits per heavy atom. The highest BCUT2D eigenvalue weighted by Gasteiger charge is 2.17. The summed E-state index contributed by atoms with van der Waals surface area (Å²) in [6, 6.07) is 17.2. The number of nitrogens with zero attached hydrogens (tertiary/aromatic N) is 2. The van der Waals surface area contributed by atoms with Gasteiger partial charge in [0.15, 0.2) is 0 Å². The fourth-order valence-corrected chi connectivity index (χ4v) is 3.16. The molecule has 0 atom stereocenters. The molecule has 0 radical (unpaired) electrons. The minimum atomic E-state index is -0.213. The minimum Gasteiger partial charge on any atom is -0.332 e. The van der Waals surface area contributed by atoms with Crippen molar-refractivity contribution in [2.75, 3.05) is 18.9 Å². The number of anilines is 1. The summed E-state index contributed by atoms with van der Waals surface area (Å²) in [5, 5.41) is 2.90. The molecule has 1 aromatic heterocycles. The molecule has 0 unspecified atom stereocenters. The topological polar surface area (TPSA) is 54.3 Å². The Hall–Kier alpha value is -3.34. The summed E-state index contributed by atoms with van der Waals surface area (Å²) in [5.41, 5.74) is 4.44. The first-order valence-electron chi connectivity index (χ1n) is 9.36. The van der Waals surface area contributed by atoms with Crippen LogP contribution in [0.4, 0.5) is 5.69 Å². The molecule has 0 spiro atoms. The average molecular weight is 375 g/mol. The summed E-state index contributed by atoms with van der Waals surface area (Å²) in [6.07, 6.45) is 4.72. The Morgan fingerprint density at radius 3 is 2.46 bits per heavy atom. The second-order valence-electron chi connectivity index (χ2n) is 6.81. The number of carbonyl (C=O) groups excluding carboxylic acids is 2. The molecule has 0 saturated heterocycles. The van der Waals surface area contributed by atoms with E-state index in [4.69, 9.17) is 0 Å². The number of likely N-dealkylation sites (N-methyl/N-ethyl adjacent to an activating group) is 1. The number of para-hydroxylation sites is 1. The lowest BCUT2D eigenvalue weighted by Gasteiger charge is -2.18. The molecule has 5 heteroatoms. The van der Waals surface area contributed by atoms with Crippen molar-refractivity contribution in [3.8, 4) is 5.69 Å². The number of carbonyl (C=O) groups is 2. The first kappa shape index (κ1) is 19.4. The van der Waals surface area contributed by atoms with Crippen LogP contribution in [-0.4, -0.2) is 34.9 Å². The number of nitrogens with one attached hydrogen (secondary N) is 1. The highest BCUT2D eigenvalue weighted by atomic mass is 16.2. The standard InChI is InChI=1S/C23H25N3O2/c1-4-18-9-5-6-10-20(18)24-22(27)16-25(3)23(28)19-12-11-17(2)21(15-19)26-13-7-8-14-26/h5-15H,4,16H2,1-3H3,(H,24,27). The van der Waals surface area contributed by atoms with Crippen molar-refractivity contribution in [2.45, 2.75) is 20.3 Å². The lowest BCUT2D eigenvalue weighted by atomic mass is 10.1. The third-order valence-corrected chi connectivity index (χ3v) is 4.74.